The van der Waals surface area contributed by atoms with E-state index in [1.165, 1.54) is 11.8 Å². The molecule has 13 heavy (non-hydrogen) atoms. The molecule has 0 saturated heterocycles. The molecule has 0 fully saturated rings. The van der Waals surface area contributed by atoms with Crippen LogP contribution >= 0.6 is 27.7 Å². The van der Waals surface area contributed by atoms with E-state index in [-0.39, 0.29) is 5.12 Å². The second kappa shape index (κ2) is 3.68. The fourth-order valence-electron chi connectivity index (χ4n) is 1.23. The Bertz CT molecular complexity index is 384. The molecular formula is C10H7BrOS. The number of halogens is 1. The van der Waals surface area contributed by atoms with Crippen LogP contribution in [0.2, 0.25) is 0 Å². The smallest absolute Gasteiger partial charge is 0.197 e. The number of thioether (sulfide) groups is 1. The standard InChI is InChI=1S/C10H7BrOS/c11-9-3-1-2-7(4-9)8-5-10(12)13-6-8/h1-4,6H,5H2. The van der Waals surface area contributed by atoms with Crippen molar-refractivity contribution >= 4 is 38.4 Å². The van der Waals surface area contributed by atoms with Crippen LogP contribution in [-0.2, 0) is 4.79 Å². The van der Waals surface area contributed by atoms with Crippen molar-refractivity contribution in [2.75, 3.05) is 0 Å². The number of carbonyl (C=O) groups is 1. The Morgan fingerprint density at radius 3 is 2.85 bits per heavy atom. The molecule has 0 N–H and O–H groups in total. The summed E-state index contributed by atoms with van der Waals surface area (Å²) in [4.78, 5) is 11.0. The molecule has 1 aliphatic rings. The van der Waals surface area contributed by atoms with Crippen molar-refractivity contribution in [3.8, 4) is 0 Å². The maximum absolute atomic E-state index is 11.0. The monoisotopic (exact) mass is 254 g/mol. The maximum Gasteiger partial charge on any atom is 0.197 e. The van der Waals surface area contributed by atoms with E-state index in [2.05, 4.69) is 15.9 Å². The molecule has 1 heterocycles. The minimum Gasteiger partial charge on any atom is -0.286 e. The van der Waals surface area contributed by atoms with Gasteiger partial charge < -0.3 is 0 Å². The van der Waals surface area contributed by atoms with Crippen LogP contribution in [-0.4, -0.2) is 5.12 Å². The number of benzene rings is 1. The van der Waals surface area contributed by atoms with Crippen LogP contribution in [0.25, 0.3) is 5.57 Å². The summed E-state index contributed by atoms with van der Waals surface area (Å²) in [6, 6.07) is 8.02. The minimum atomic E-state index is 0.231. The summed E-state index contributed by atoms with van der Waals surface area (Å²) in [5.41, 5.74) is 2.25. The Morgan fingerprint density at radius 2 is 2.23 bits per heavy atom. The van der Waals surface area contributed by atoms with Crippen molar-refractivity contribution in [2.45, 2.75) is 6.42 Å². The third kappa shape index (κ3) is 2.03. The molecule has 0 saturated carbocycles. The topological polar surface area (TPSA) is 17.1 Å². The van der Waals surface area contributed by atoms with Gasteiger partial charge in [-0.2, -0.15) is 0 Å². The SMILES string of the molecule is O=C1CC(c2cccc(Br)c2)=CS1. The van der Waals surface area contributed by atoms with Gasteiger partial charge in [0.25, 0.3) is 0 Å². The van der Waals surface area contributed by atoms with E-state index in [9.17, 15) is 4.79 Å². The molecule has 0 aromatic heterocycles. The zero-order valence-electron chi connectivity index (χ0n) is 6.79. The Labute approximate surface area is 89.3 Å². The van der Waals surface area contributed by atoms with Crippen LogP contribution in [0.15, 0.2) is 34.1 Å². The molecule has 1 nitrogen and oxygen atoms in total. The predicted molar refractivity (Wildman–Crippen MR) is 59.3 cm³/mol. The van der Waals surface area contributed by atoms with E-state index in [0.717, 1.165) is 15.6 Å². The predicted octanol–water partition coefficient (Wildman–Crippen LogP) is 3.45. The molecule has 1 aromatic carbocycles. The molecule has 0 radical (unpaired) electrons. The molecule has 0 aliphatic carbocycles. The van der Waals surface area contributed by atoms with Gasteiger partial charge in [-0.25, -0.2) is 0 Å². The van der Waals surface area contributed by atoms with E-state index in [0.29, 0.717) is 6.42 Å². The first-order valence-electron chi connectivity index (χ1n) is 3.90. The second-order valence-corrected chi connectivity index (χ2v) is 4.66. The third-order valence-corrected chi connectivity index (χ3v) is 3.17. The fraction of sp³-hybridized carbons (Fsp3) is 0.100. The van der Waals surface area contributed by atoms with Crippen LogP contribution in [0.4, 0.5) is 0 Å². The van der Waals surface area contributed by atoms with Gasteiger partial charge in [0.2, 0.25) is 0 Å². The van der Waals surface area contributed by atoms with Gasteiger partial charge in [-0.15, -0.1) is 0 Å². The molecule has 1 aliphatic heterocycles. The summed E-state index contributed by atoms with van der Waals surface area (Å²) < 4.78 is 1.05. The van der Waals surface area contributed by atoms with E-state index in [1.54, 1.807) is 0 Å². The van der Waals surface area contributed by atoms with Crippen LogP contribution in [0.1, 0.15) is 12.0 Å². The first-order valence-corrected chi connectivity index (χ1v) is 5.57. The molecule has 2 rings (SSSR count). The third-order valence-electron chi connectivity index (χ3n) is 1.86. The quantitative estimate of drug-likeness (QED) is 0.764. The lowest BCUT2D eigenvalue weighted by molar-refractivity contribution is -0.109. The zero-order chi connectivity index (χ0) is 9.26. The van der Waals surface area contributed by atoms with Crippen molar-refractivity contribution in [1.82, 2.24) is 0 Å². The molecule has 0 unspecified atom stereocenters. The van der Waals surface area contributed by atoms with Crippen molar-refractivity contribution in [1.29, 1.82) is 0 Å². The average molecular weight is 255 g/mol. The first kappa shape index (κ1) is 9.03. The highest BCUT2D eigenvalue weighted by molar-refractivity contribution is 9.10. The Hall–Kier alpha value is -0.540. The zero-order valence-corrected chi connectivity index (χ0v) is 9.19. The molecule has 0 atom stereocenters. The van der Waals surface area contributed by atoms with Gasteiger partial charge in [-0.05, 0) is 28.7 Å². The summed E-state index contributed by atoms with van der Waals surface area (Å²) in [7, 11) is 0. The van der Waals surface area contributed by atoms with Crippen molar-refractivity contribution in [2.24, 2.45) is 0 Å². The molecule has 3 heteroatoms. The fourth-order valence-corrected chi connectivity index (χ4v) is 2.37. The molecule has 0 spiro atoms. The highest BCUT2D eigenvalue weighted by Gasteiger charge is 2.14. The Morgan fingerprint density at radius 1 is 1.38 bits per heavy atom. The number of allylic oxidation sites excluding steroid dienone is 1. The minimum absolute atomic E-state index is 0.231. The van der Waals surface area contributed by atoms with Crippen molar-refractivity contribution in [3.05, 3.63) is 39.7 Å². The van der Waals surface area contributed by atoms with Gasteiger partial charge >= 0.3 is 0 Å². The lowest BCUT2D eigenvalue weighted by Gasteiger charge is -2.00. The lowest BCUT2D eigenvalue weighted by atomic mass is 10.1. The van der Waals surface area contributed by atoms with Gasteiger partial charge in [0.05, 0.1) is 0 Å². The Balaban J connectivity index is 2.31. The molecule has 66 valence electrons. The van der Waals surface area contributed by atoms with Crippen LogP contribution < -0.4 is 0 Å². The highest BCUT2D eigenvalue weighted by atomic mass is 79.9. The first-order chi connectivity index (χ1) is 6.25. The number of hydrogen-bond acceptors (Lipinski definition) is 2. The van der Waals surface area contributed by atoms with E-state index >= 15 is 0 Å². The second-order valence-electron chi connectivity index (χ2n) is 2.82. The lowest BCUT2D eigenvalue weighted by Crippen LogP contribution is -1.85. The molecule has 0 bridgehead atoms. The average Bonchev–Trinajstić information content (AvgIpc) is 2.52. The number of hydrogen-bond donors (Lipinski definition) is 0. The number of carbonyl (C=O) groups excluding carboxylic acids is 1. The van der Waals surface area contributed by atoms with E-state index in [1.807, 2.05) is 29.7 Å². The highest BCUT2D eigenvalue weighted by Crippen LogP contribution is 2.32. The van der Waals surface area contributed by atoms with E-state index in [4.69, 9.17) is 0 Å². The van der Waals surface area contributed by atoms with E-state index < -0.39 is 0 Å². The maximum atomic E-state index is 11.0. The molecule has 1 aromatic rings. The van der Waals surface area contributed by atoms with Gasteiger partial charge in [0.15, 0.2) is 5.12 Å². The van der Waals surface area contributed by atoms with Gasteiger partial charge in [-0.1, -0.05) is 39.8 Å². The normalized spacial score (nSPS) is 16.1. The van der Waals surface area contributed by atoms with Crippen LogP contribution in [0, 0.1) is 0 Å². The van der Waals surface area contributed by atoms with Crippen LogP contribution in [0.3, 0.4) is 0 Å². The van der Waals surface area contributed by atoms with Gasteiger partial charge in [0, 0.05) is 10.9 Å². The molecular weight excluding hydrogens is 248 g/mol. The summed E-state index contributed by atoms with van der Waals surface area (Å²) in [5.74, 6) is 0. The van der Waals surface area contributed by atoms with Crippen molar-refractivity contribution < 1.29 is 4.79 Å². The van der Waals surface area contributed by atoms with Gasteiger partial charge in [0.1, 0.15) is 0 Å². The van der Waals surface area contributed by atoms with Crippen LogP contribution in [0.5, 0.6) is 0 Å². The summed E-state index contributed by atoms with van der Waals surface area (Å²) >= 11 is 4.70. The van der Waals surface area contributed by atoms with Crippen molar-refractivity contribution in [3.63, 3.8) is 0 Å². The largest absolute Gasteiger partial charge is 0.286 e. The summed E-state index contributed by atoms with van der Waals surface area (Å²) in [5, 5.41) is 2.17. The summed E-state index contributed by atoms with van der Waals surface area (Å²) in [6.45, 7) is 0. The Kier molecular flexibility index (Phi) is 2.56. The van der Waals surface area contributed by atoms with Gasteiger partial charge in [-0.3, -0.25) is 4.79 Å². The summed E-state index contributed by atoms with van der Waals surface area (Å²) in [6.07, 6.45) is 0.557. The number of rotatable bonds is 1. The molecule has 0 amide bonds.